The molecule has 2 saturated heterocycles. The van der Waals surface area contributed by atoms with Crippen LogP contribution in [0.3, 0.4) is 0 Å². The van der Waals surface area contributed by atoms with Crippen LogP contribution < -0.4 is 0 Å². The minimum Gasteiger partial charge on any atom is -0.383 e. The second kappa shape index (κ2) is 7.30. The zero-order valence-electron chi connectivity index (χ0n) is 14.2. The molecule has 3 rings (SSSR count). The number of rotatable bonds is 4. The van der Waals surface area contributed by atoms with Gasteiger partial charge in [0.05, 0.1) is 17.7 Å². The Balaban J connectivity index is 1.79. The van der Waals surface area contributed by atoms with Crippen LogP contribution in [-0.2, 0) is 9.53 Å². The van der Waals surface area contributed by atoms with E-state index in [0.29, 0.717) is 31.7 Å². The Morgan fingerprint density at radius 3 is 2.96 bits per heavy atom. The van der Waals surface area contributed by atoms with E-state index in [9.17, 15) is 9.59 Å². The predicted octanol–water partition coefficient (Wildman–Crippen LogP) is 1.72. The molecule has 0 bridgehead atoms. The van der Waals surface area contributed by atoms with Crippen molar-refractivity contribution in [2.45, 2.75) is 37.6 Å². The lowest BCUT2D eigenvalue weighted by molar-refractivity contribution is -0.146. The number of carbonyl (C=O) groups excluding carboxylic acids is 2. The summed E-state index contributed by atoms with van der Waals surface area (Å²) in [7, 11) is 1.65. The Morgan fingerprint density at radius 1 is 1.38 bits per heavy atom. The fraction of sp³-hybridized carbons (Fsp3) is 0.611. The van der Waals surface area contributed by atoms with E-state index in [1.807, 2.05) is 9.80 Å². The van der Waals surface area contributed by atoms with Crippen LogP contribution in [0, 0.1) is 0 Å². The number of amides is 2. The second-order valence-corrected chi connectivity index (χ2v) is 6.69. The van der Waals surface area contributed by atoms with Crippen LogP contribution >= 0.6 is 0 Å². The highest BCUT2D eigenvalue weighted by Gasteiger charge is 2.45. The van der Waals surface area contributed by atoms with E-state index in [1.165, 1.54) is 0 Å². The summed E-state index contributed by atoms with van der Waals surface area (Å²) in [4.78, 5) is 33.2. The van der Waals surface area contributed by atoms with Gasteiger partial charge in [-0.05, 0) is 37.8 Å². The number of hydrogen-bond acceptors (Lipinski definition) is 4. The molecule has 1 aromatic heterocycles. The summed E-state index contributed by atoms with van der Waals surface area (Å²) in [6.07, 6.45) is 7.61. The fourth-order valence-corrected chi connectivity index (χ4v) is 4.03. The third kappa shape index (κ3) is 3.29. The molecule has 0 N–H and O–H groups in total. The number of likely N-dealkylation sites (tertiary alicyclic amines) is 2. The van der Waals surface area contributed by atoms with Gasteiger partial charge < -0.3 is 14.5 Å². The molecule has 2 aliphatic rings. The maximum Gasteiger partial charge on any atom is 0.255 e. The monoisotopic (exact) mass is 331 g/mol. The number of pyridine rings is 1. The molecule has 1 unspecified atom stereocenters. The van der Waals surface area contributed by atoms with Gasteiger partial charge in [0, 0.05) is 45.6 Å². The number of hydrogen-bond donors (Lipinski definition) is 0. The third-order valence-electron chi connectivity index (χ3n) is 5.18. The summed E-state index contributed by atoms with van der Waals surface area (Å²) in [6, 6.07) is 3.58. The van der Waals surface area contributed by atoms with Crippen molar-refractivity contribution in [3.63, 3.8) is 0 Å². The van der Waals surface area contributed by atoms with E-state index in [-0.39, 0.29) is 17.4 Å². The molecule has 2 aliphatic heterocycles. The molecule has 0 radical (unpaired) electrons. The van der Waals surface area contributed by atoms with Gasteiger partial charge in [-0.15, -0.1) is 0 Å². The van der Waals surface area contributed by atoms with Gasteiger partial charge >= 0.3 is 0 Å². The standard InChI is InChI=1S/C18H25N3O3/c1-24-12-11-21-16(22)6-2-7-18(21)8-4-10-20(14-18)17(23)15-5-3-9-19-13-15/h3,5,9,13H,2,4,6-8,10-12,14H2,1H3. The van der Waals surface area contributed by atoms with Gasteiger partial charge in [0.1, 0.15) is 0 Å². The number of piperidine rings is 2. The molecule has 0 aromatic carbocycles. The van der Waals surface area contributed by atoms with Crippen LogP contribution in [0.25, 0.3) is 0 Å². The minimum absolute atomic E-state index is 0.00638. The predicted molar refractivity (Wildman–Crippen MR) is 89.5 cm³/mol. The summed E-state index contributed by atoms with van der Waals surface area (Å²) in [5, 5.41) is 0. The van der Waals surface area contributed by atoms with Crippen molar-refractivity contribution in [1.29, 1.82) is 0 Å². The summed E-state index contributed by atoms with van der Waals surface area (Å²) in [6.45, 7) is 2.48. The van der Waals surface area contributed by atoms with E-state index < -0.39 is 0 Å². The van der Waals surface area contributed by atoms with Gasteiger partial charge in [0.2, 0.25) is 5.91 Å². The first kappa shape index (κ1) is 16.9. The summed E-state index contributed by atoms with van der Waals surface area (Å²) in [5.41, 5.74) is 0.379. The van der Waals surface area contributed by atoms with E-state index in [1.54, 1.807) is 31.6 Å². The topological polar surface area (TPSA) is 62.7 Å². The van der Waals surface area contributed by atoms with Crippen molar-refractivity contribution in [3.8, 4) is 0 Å². The number of nitrogens with zero attached hydrogens (tertiary/aromatic N) is 3. The van der Waals surface area contributed by atoms with Crippen molar-refractivity contribution in [2.75, 3.05) is 33.4 Å². The largest absolute Gasteiger partial charge is 0.383 e. The van der Waals surface area contributed by atoms with Gasteiger partial charge in [0.15, 0.2) is 0 Å². The SMILES string of the molecule is COCCN1C(=O)CCCC12CCCN(C(=O)c1cccnc1)C2. The van der Waals surface area contributed by atoms with Gasteiger partial charge in [-0.3, -0.25) is 14.6 Å². The zero-order chi connectivity index (χ0) is 17.0. The molecule has 130 valence electrons. The Morgan fingerprint density at radius 2 is 2.21 bits per heavy atom. The highest BCUT2D eigenvalue weighted by molar-refractivity contribution is 5.94. The van der Waals surface area contributed by atoms with Crippen LogP contribution in [0.15, 0.2) is 24.5 Å². The highest BCUT2D eigenvalue weighted by atomic mass is 16.5. The highest BCUT2D eigenvalue weighted by Crippen LogP contribution is 2.37. The lowest BCUT2D eigenvalue weighted by atomic mass is 9.79. The minimum atomic E-state index is -0.232. The Bertz CT molecular complexity index is 588. The average Bonchev–Trinajstić information content (AvgIpc) is 2.62. The van der Waals surface area contributed by atoms with Crippen molar-refractivity contribution in [3.05, 3.63) is 30.1 Å². The van der Waals surface area contributed by atoms with Crippen molar-refractivity contribution < 1.29 is 14.3 Å². The maximum atomic E-state index is 12.8. The van der Waals surface area contributed by atoms with Crippen molar-refractivity contribution >= 4 is 11.8 Å². The summed E-state index contributed by atoms with van der Waals surface area (Å²) in [5.74, 6) is 0.195. The molecule has 24 heavy (non-hydrogen) atoms. The number of carbonyl (C=O) groups is 2. The van der Waals surface area contributed by atoms with E-state index >= 15 is 0 Å². The second-order valence-electron chi connectivity index (χ2n) is 6.69. The number of aromatic nitrogens is 1. The van der Waals surface area contributed by atoms with E-state index in [0.717, 1.165) is 32.2 Å². The molecule has 6 nitrogen and oxygen atoms in total. The van der Waals surface area contributed by atoms with Gasteiger partial charge in [-0.25, -0.2) is 0 Å². The summed E-state index contributed by atoms with van der Waals surface area (Å²) >= 11 is 0. The van der Waals surface area contributed by atoms with Gasteiger partial charge in [-0.2, -0.15) is 0 Å². The average molecular weight is 331 g/mol. The van der Waals surface area contributed by atoms with Crippen molar-refractivity contribution in [2.24, 2.45) is 0 Å². The quantitative estimate of drug-likeness (QED) is 0.843. The molecular formula is C18H25N3O3. The Kier molecular flexibility index (Phi) is 5.14. The smallest absolute Gasteiger partial charge is 0.255 e. The molecule has 3 heterocycles. The molecule has 6 heteroatoms. The van der Waals surface area contributed by atoms with Crippen LogP contribution in [0.5, 0.6) is 0 Å². The number of ether oxygens (including phenoxy) is 1. The van der Waals surface area contributed by atoms with Gasteiger partial charge in [0.25, 0.3) is 5.91 Å². The van der Waals surface area contributed by atoms with E-state index in [2.05, 4.69) is 4.98 Å². The maximum absolute atomic E-state index is 12.8. The van der Waals surface area contributed by atoms with Crippen LogP contribution in [0.2, 0.25) is 0 Å². The zero-order valence-corrected chi connectivity index (χ0v) is 14.2. The fourth-order valence-electron chi connectivity index (χ4n) is 4.03. The molecule has 2 fully saturated rings. The van der Waals surface area contributed by atoms with Crippen LogP contribution in [0.4, 0.5) is 0 Å². The lowest BCUT2D eigenvalue weighted by Gasteiger charge is -2.52. The molecule has 0 aliphatic carbocycles. The Labute approximate surface area is 142 Å². The first-order chi connectivity index (χ1) is 11.7. The molecule has 0 saturated carbocycles. The molecule has 2 amide bonds. The first-order valence-electron chi connectivity index (χ1n) is 8.65. The number of methoxy groups -OCH3 is 1. The van der Waals surface area contributed by atoms with Crippen LogP contribution in [0.1, 0.15) is 42.5 Å². The van der Waals surface area contributed by atoms with Gasteiger partial charge in [-0.1, -0.05) is 0 Å². The van der Waals surface area contributed by atoms with Crippen molar-refractivity contribution in [1.82, 2.24) is 14.8 Å². The normalized spacial score (nSPS) is 24.5. The third-order valence-corrected chi connectivity index (χ3v) is 5.18. The molecule has 1 spiro atoms. The molecular weight excluding hydrogens is 306 g/mol. The molecule has 1 aromatic rings. The lowest BCUT2D eigenvalue weighted by Crippen LogP contribution is -2.63. The van der Waals surface area contributed by atoms with Crippen LogP contribution in [-0.4, -0.2) is 65.5 Å². The Hall–Kier alpha value is -1.95. The summed E-state index contributed by atoms with van der Waals surface area (Å²) < 4.78 is 5.19. The molecule has 1 atom stereocenters. The first-order valence-corrected chi connectivity index (χ1v) is 8.65. The van der Waals surface area contributed by atoms with E-state index in [4.69, 9.17) is 4.74 Å².